The summed E-state index contributed by atoms with van der Waals surface area (Å²) in [4.78, 5) is 0. The molecule has 0 aliphatic heterocycles. The van der Waals surface area contributed by atoms with E-state index in [1.54, 1.807) is 0 Å². The molecule has 0 amide bonds. The molecule has 0 spiro atoms. The molecule has 0 saturated carbocycles. The van der Waals surface area contributed by atoms with Crippen LogP contribution in [0.4, 0.5) is 0 Å². The summed E-state index contributed by atoms with van der Waals surface area (Å²) in [6.07, 6.45) is 0. The minimum absolute atomic E-state index is 0.0308. The quantitative estimate of drug-likeness (QED) is 0.825. The second-order valence-electron chi connectivity index (χ2n) is 4.31. The van der Waals surface area contributed by atoms with E-state index in [9.17, 15) is 8.42 Å². The van der Waals surface area contributed by atoms with Gasteiger partial charge in [0.1, 0.15) is 0 Å². The van der Waals surface area contributed by atoms with Gasteiger partial charge in [0.05, 0.1) is 5.75 Å². The standard InChI is InChI=1S/C12H20N2O2S/c1-9-6-10(2)12(11(3)7-9)8-14-17(15,16)5-4-13/h6-7,14H,4-5,8,13H2,1-3H3. The van der Waals surface area contributed by atoms with Gasteiger partial charge in [0.15, 0.2) is 0 Å². The van der Waals surface area contributed by atoms with E-state index in [1.165, 1.54) is 5.56 Å². The summed E-state index contributed by atoms with van der Waals surface area (Å²) in [7, 11) is -3.25. The Kier molecular flexibility index (Phi) is 4.68. The van der Waals surface area contributed by atoms with E-state index in [2.05, 4.69) is 16.9 Å². The molecule has 0 aromatic heterocycles. The molecule has 0 bridgehead atoms. The molecule has 0 aliphatic rings. The number of benzene rings is 1. The van der Waals surface area contributed by atoms with Crippen LogP contribution in [0.25, 0.3) is 0 Å². The summed E-state index contributed by atoms with van der Waals surface area (Å²) in [5.41, 5.74) is 9.69. The average Bonchev–Trinajstić information content (AvgIpc) is 2.15. The van der Waals surface area contributed by atoms with Crippen LogP contribution in [0.3, 0.4) is 0 Å². The fraction of sp³-hybridized carbons (Fsp3) is 0.500. The summed E-state index contributed by atoms with van der Waals surface area (Å²) in [6.45, 7) is 6.49. The second-order valence-corrected chi connectivity index (χ2v) is 6.23. The van der Waals surface area contributed by atoms with E-state index < -0.39 is 10.0 Å². The van der Waals surface area contributed by atoms with Gasteiger partial charge in [0.25, 0.3) is 0 Å². The van der Waals surface area contributed by atoms with Crippen molar-refractivity contribution < 1.29 is 8.42 Å². The minimum Gasteiger partial charge on any atom is -0.329 e. The number of sulfonamides is 1. The number of rotatable bonds is 5. The highest BCUT2D eigenvalue weighted by Gasteiger charge is 2.10. The van der Waals surface area contributed by atoms with Crippen LogP contribution in [0.2, 0.25) is 0 Å². The molecule has 1 rings (SSSR count). The molecule has 0 heterocycles. The number of nitrogens with two attached hydrogens (primary N) is 1. The lowest BCUT2D eigenvalue weighted by Gasteiger charge is -2.12. The average molecular weight is 256 g/mol. The molecule has 96 valence electrons. The Bertz CT molecular complexity index is 472. The fourth-order valence-corrected chi connectivity index (χ4v) is 2.72. The van der Waals surface area contributed by atoms with Crippen LogP contribution in [0.1, 0.15) is 22.3 Å². The van der Waals surface area contributed by atoms with Gasteiger partial charge in [-0.1, -0.05) is 17.7 Å². The normalized spacial score (nSPS) is 11.8. The molecule has 0 radical (unpaired) electrons. The molecule has 17 heavy (non-hydrogen) atoms. The van der Waals surface area contributed by atoms with Crippen molar-refractivity contribution in [2.75, 3.05) is 12.3 Å². The van der Waals surface area contributed by atoms with Gasteiger partial charge >= 0.3 is 0 Å². The van der Waals surface area contributed by atoms with Crippen molar-refractivity contribution in [2.24, 2.45) is 5.73 Å². The maximum absolute atomic E-state index is 11.5. The van der Waals surface area contributed by atoms with Crippen molar-refractivity contribution in [1.82, 2.24) is 4.72 Å². The first-order valence-electron chi connectivity index (χ1n) is 5.60. The van der Waals surface area contributed by atoms with E-state index in [0.717, 1.165) is 16.7 Å². The third kappa shape index (κ3) is 4.11. The predicted octanol–water partition coefficient (Wildman–Crippen LogP) is 0.990. The Hall–Kier alpha value is -0.910. The van der Waals surface area contributed by atoms with Crippen LogP contribution in [0, 0.1) is 20.8 Å². The summed E-state index contributed by atoms with van der Waals surface area (Å²) >= 11 is 0. The molecule has 1 aromatic carbocycles. The lowest BCUT2D eigenvalue weighted by molar-refractivity contribution is 0.581. The van der Waals surface area contributed by atoms with Crippen LogP contribution in [0.15, 0.2) is 12.1 Å². The molecule has 1 aromatic rings. The largest absolute Gasteiger partial charge is 0.329 e. The lowest BCUT2D eigenvalue weighted by Crippen LogP contribution is -2.29. The Labute approximate surface area is 103 Å². The Morgan fingerprint density at radius 2 is 1.71 bits per heavy atom. The molecular formula is C12H20N2O2S. The Morgan fingerprint density at radius 3 is 2.18 bits per heavy atom. The zero-order chi connectivity index (χ0) is 13.1. The van der Waals surface area contributed by atoms with E-state index in [-0.39, 0.29) is 12.3 Å². The third-order valence-corrected chi connectivity index (χ3v) is 4.05. The second kappa shape index (κ2) is 5.62. The number of nitrogens with one attached hydrogen (secondary N) is 1. The maximum Gasteiger partial charge on any atom is 0.213 e. The maximum atomic E-state index is 11.5. The summed E-state index contributed by atoms with van der Waals surface area (Å²) in [5.74, 6) is -0.0308. The van der Waals surface area contributed by atoms with Gasteiger partial charge in [0.2, 0.25) is 10.0 Å². The highest BCUT2D eigenvalue weighted by atomic mass is 32.2. The van der Waals surface area contributed by atoms with Gasteiger partial charge in [-0.25, -0.2) is 13.1 Å². The third-order valence-electron chi connectivity index (χ3n) is 2.70. The molecule has 4 nitrogen and oxygen atoms in total. The molecule has 0 unspecified atom stereocenters. The minimum atomic E-state index is -3.25. The van der Waals surface area contributed by atoms with Crippen LogP contribution in [0.5, 0.6) is 0 Å². The first-order valence-corrected chi connectivity index (χ1v) is 7.25. The molecule has 0 saturated heterocycles. The number of aryl methyl sites for hydroxylation is 3. The van der Waals surface area contributed by atoms with Crippen molar-refractivity contribution in [3.63, 3.8) is 0 Å². The van der Waals surface area contributed by atoms with Gasteiger partial charge in [-0.05, 0) is 37.5 Å². The molecule has 3 N–H and O–H groups in total. The summed E-state index contributed by atoms with van der Waals surface area (Å²) in [6, 6.07) is 4.11. The van der Waals surface area contributed by atoms with E-state index in [0.29, 0.717) is 6.54 Å². The zero-order valence-electron chi connectivity index (χ0n) is 10.6. The fourth-order valence-electron chi connectivity index (χ4n) is 1.90. The topological polar surface area (TPSA) is 72.2 Å². The molecule has 5 heteroatoms. The first kappa shape index (κ1) is 14.2. The highest BCUT2D eigenvalue weighted by molar-refractivity contribution is 7.89. The van der Waals surface area contributed by atoms with Crippen LogP contribution < -0.4 is 10.5 Å². The molecule has 0 aliphatic carbocycles. The van der Waals surface area contributed by atoms with Crippen LogP contribution in [-0.4, -0.2) is 20.7 Å². The van der Waals surface area contributed by atoms with Crippen molar-refractivity contribution >= 4 is 10.0 Å². The van der Waals surface area contributed by atoms with Gasteiger partial charge in [-0.2, -0.15) is 0 Å². The lowest BCUT2D eigenvalue weighted by atomic mass is 10.0. The summed E-state index contributed by atoms with van der Waals surface area (Å²) in [5, 5.41) is 0. The predicted molar refractivity (Wildman–Crippen MR) is 70.3 cm³/mol. The monoisotopic (exact) mass is 256 g/mol. The Morgan fingerprint density at radius 1 is 1.18 bits per heavy atom. The van der Waals surface area contributed by atoms with Gasteiger partial charge in [-0.3, -0.25) is 0 Å². The van der Waals surface area contributed by atoms with E-state index >= 15 is 0 Å². The van der Waals surface area contributed by atoms with Crippen molar-refractivity contribution in [2.45, 2.75) is 27.3 Å². The number of hydrogen-bond acceptors (Lipinski definition) is 3. The van der Waals surface area contributed by atoms with E-state index in [4.69, 9.17) is 5.73 Å². The van der Waals surface area contributed by atoms with Gasteiger partial charge < -0.3 is 5.73 Å². The smallest absolute Gasteiger partial charge is 0.213 e. The SMILES string of the molecule is Cc1cc(C)c(CNS(=O)(=O)CCN)c(C)c1. The molecule has 0 atom stereocenters. The van der Waals surface area contributed by atoms with Crippen molar-refractivity contribution in [3.05, 3.63) is 34.4 Å². The van der Waals surface area contributed by atoms with Crippen molar-refractivity contribution in [1.29, 1.82) is 0 Å². The van der Waals surface area contributed by atoms with Crippen LogP contribution in [-0.2, 0) is 16.6 Å². The number of hydrogen-bond donors (Lipinski definition) is 2. The van der Waals surface area contributed by atoms with Crippen molar-refractivity contribution in [3.8, 4) is 0 Å². The first-order chi connectivity index (χ1) is 7.85. The highest BCUT2D eigenvalue weighted by Crippen LogP contribution is 2.16. The van der Waals surface area contributed by atoms with Crippen LogP contribution >= 0.6 is 0 Å². The zero-order valence-corrected chi connectivity index (χ0v) is 11.4. The van der Waals surface area contributed by atoms with Gasteiger partial charge in [0, 0.05) is 13.1 Å². The molecule has 0 fully saturated rings. The molecular weight excluding hydrogens is 236 g/mol. The van der Waals surface area contributed by atoms with Gasteiger partial charge in [-0.15, -0.1) is 0 Å². The Balaban J connectivity index is 2.83. The summed E-state index contributed by atoms with van der Waals surface area (Å²) < 4.78 is 25.6. The van der Waals surface area contributed by atoms with E-state index in [1.807, 2.05) is 20.8 Å².